The van der Waals surface area contributed by atoms with E-state index in [1.54, 1.807) is 23.0 Å². The Bertz CT molecular complexity index is 1310. The predicted octanol–water partition coefficient (Wildman–Crippen LogP) is 5.38. The van der Waals surface area contributed by atoms with Gasteiger partial charge in [-0.05, 0) is 83.4 Å². The van der Waals surface area contributed by atoms with E-state index in [4.69, 9.17) is 18.9 Å². The number of anilines is 1. The first-order valence-electron chi connectivity index (χ1n) is 15.5. The molecule has 2 saturated heterocycles. The zero-order valence-electron chi connectivity index (χ0n) is 27.0. The number of likely N-dealkylation sites (tertiary alicyclic amines) is 1. The van der Waals surface area contributed by atoms with Gasteiger partial charge in [0.05, 0.1) is 19.3 Å². The Morgan fingerprint density at radius 1 is 1.09 bits per heavy atom. The maximum absolute atomic E-state index is 14.1. The topological polar surface area (TPSA) is 97.8 Å². The van der Waals surface area contributed by atoms with Gasteiger partial charge in [0.2, 0.25) is 0 Å². The number of nitrogens with zero attached hydrogens (tertiary/aromatic N) is 3. The minimum atomic E-state index is -0.587. The van der Waals surface area contributed by atoms with Gasteiger partial charge in [-0.25, -0.2) is 4.79 Å². The summed E-state index contributed by atoms with van der Waals surface area (Å²) in [6.07, 6.45) is 1.93. The molecule has 0 saturated carbocycles. The van der Waals surface area contributed by atoms with Crippen molar-refractivity contribution in [2.75, 3.05) is 58.1 Å². The second-order valence-corrected chi connectivity index (χ2v) is 12.6. The molecule has 2 aromatic carbocycles. The van der Waals surface area contributed by atoms with Crippen LogP contribution >= 0.6 is 0 Å². The SMILES string of the molecule is COCCCOc1cc(C(=O)N(C(C)C)[C@@H]2CCCN(C(=O)OC(C)(C)C)C2)ccc1-c1cccc(N2CCOCC2=O)c1. The molecule has 0 unspecified atom stereocenters. The number of methoxy groups -OCH3 is 1. The number of piperidine rings is 1. The highest BCUT2D eigenvalue weighted by Gasteiger charge is 2.34. The molecule has 2 heterocycles. The van der Waals surface area contributed by atoms with E-state index in [0.29, 0.717) is 57.2 Å². The fraction of sp³-hybridized carbons (Fsp3) is 0.559. The Morgan fingerprint density at radius 3 is 2.59 bits per heavy atom. The summed E-state index contributed by atoms with van der Waals surface area (Å²) in [4.78, 5) is 44.8. The zero-order valence-corrected chi connectivity index (χ0v) is 27.0. The molecule has 2 fully saturated rings. The molecule has 3 amide bonds. The average Bonchev–Trinajstić information content (AvgIpc) is 2.99. The monoisotopic (exact) mass is 609 g/mol. The molecule has 0 N–H and O–H groups in total. The van der Waals surface area contributed by atoms with Crippen LogP contribution in [0, 0.1) is 0 Å². The van der Waals surface area contributed by atoms with Gasteiger partial charge in [0, 0.05) is 62.6 Å². The molecule has 0 bridgehead atoms. The van der Waals surface area contributed by atoms with E-state index in [-0.39, 0.29) is 36.6 Å². The molecule has 1 atom stereocenters. The molecule has 240 valence electrons. The van der Waals surface area contributed by atoms with E-state index in [1.165, 1.54) is 0 Å². The van der Waals surface area contributed by atoms with Crippen LogP contribution in [0.5, 0.6) is 5.75 Å². The van der Waals surface area contributed by atoms with Crippen LogP contribution in [-0.2, 0) is 19.0 Å². The van der Waals surface area contributed by atoms with Gasteiger partial charge >= 0.3 is 6.09 Å². The minimum Gasteiger partial charge on any atom is -0.493 e. The summed E-state index contributed by atoms with van der Waals surface area (Å²) < 4.78 is 22.4. The van der Waals surface area contributed by atoms with Gasteiger partial charge in [-0.1, -0.05) is 12.1 Å². The second-order valence-electron chi connectivity index (χ2n) is 12.6. The minimum absolute atomic E-state index is 0.0672. The maximum atomic E-state index is 14.1. The van der Waals surface area contributed by atoms with Gasteiger partial charge in [-0.2, -0.15) is 0 Å². The van der Waals surface area contributed by atoms with Crippen molar-refractivity contribution in [1.82, 2.24) is 9.80 Å². The number of rotatable bonds is 10. The number of ether oxygens (including phenoxy) is 4. The Hall–Kier alpha value is -3.63. The first-order valence-corrected chi connectivity index (χ1v) is 15.5. The summed E-state index contributed by atoms with van der Waals surface area (Å²) in [7, 11) is 1.65. The molecule has 2 aliphatic rings. The van der Waals surface area contributed by atoms with E-state index in [2.05, 4.69) is 0 Å². The van der Waals surface area contributed by atoms with E-state index < -0.39 is 5.60 Å². The molecule has 10 nitrogen and oxygen atoms in total. The number of hydrogen-bond acceptors (Lipinski definition) is 7. The summed E-state index contributed by atoms with van der Waals surface area (Å²) in [5.74, 6) is 0.393. The molecule has 0 aliphatic carbocycles. The Balaban J connectivity index is 1.62. The summed E-state index contributed by atoms with van der Waals surface area (Å²) in [5, 5.41) is 0. The fourth-order valence-corrected chi connectivity index (χ4v) is 5.68. The van der Waals surface area contributed by atoms with Crippen LogP contribution in [0.15, 0.2) is 42.5 Å². The predicted molar refractivity (Wildman–Crippen MR) is 169 cm³/mol. The van der Waals surface area contributed by atoms with Gasteiger partial charge in [-0.3, -0.25) is 9.59 Å². The van der Waals surface area contributed by atoms with Crippen LogP contribution < -0.4 is 9.64 Å². The van der Waals surface area contributed by atoms with Crippen LogP contribution in [0.2, 0.25) is 0 Å². The molecule has 44 heavy (non-hydrogen) atoms. The van der Waals surface area contributed by atoms with Crippen molar-refractivity contribution in [1.29, 1.82) is 0 Å². The van der Waals surface area contributed by atoms with E-state index >= 15 is 0 Å². The van der Waals surface area contributed by atoms with Gasteiger partial charge < -0.3 is 33.6 Å². The van der Waals surface area contributed by atoms with E-state index in [0.717, 1.165) is 29.7 Å². The van der Waals surface area contributed by atoms with E-state index in [1.807, 2.05) is 75.9 Å². The van der Waals surface area contributed by atoms with Crippen LogP contribution in [0.25, 0.3) is 11.1 Å². The van der Waals surface area contributed by atoms with Crippen molar-refractivity contribution in [3.8, 4) is 16.9 Å². The lowest BCUT2D eigenvalue weighted by Gasteiger charge is -2.41. The first-order chi connectivity index (χ1) is 21.0. The van der Waals surface area contributed by atoms with Gasteiger partial charge in [0.25, 0.3) is 11.8 Å². The van der Waals surface area contributed by atoms with Crippen molar-refractivity contribution in [2.24, 2.45) is 0 Å². The summed E-state index contributed by atoms with van der Waals surface area (Å²) in [6.45, 7) is 12.6. The van der Waals surface area contributed by atoms with Crippen molar-refractivity contribution in [3.63, 3.8) is 0 Å². The third-order valence-electron chi connectivity index (χ3n) is 7.67. The molecular weight excluding hydrogens is 562 g/mol. The normalized spacial score (nSPS) is 17.5. The highest BCUT2D eigenvalue weighted by atomic mass is 16.6. The molecule has 10 heteroatoms. The highest BCUT2D eigenvalue weighted by molar-refractivity contribution is 5.97. The third-order valence-corrected chi connectivity index (χ3v) is 7.67. The number of amides is 3. The number of morpholine rings is 1. The molecular formula is C34H47N3O7. The van der Waals surface area contributed by atoms with Crippen molar-refractivity contribution < 1.29 is 33.3 Å². The number of hydrogen-bond donors (Lipinski definition) is 0. The first kappa shape index (κ1) is 33.3. The number of carbonyl (C=O) groups is 3. The second kappa shape index (κ2) is 14.9. The Kier molecular flexibility index (Phi) is 11.3. The molecule has 0 aromatic heterocycles. The molecule has 4 rings (SSSR count). The van der Waals surface area contributed by atoms with Crippen molar-refractivity contribution in [3.05, 3.63) is 48.0 Å². The van der Waals surface area contributed by atoms with Crippen LogP contribution in [-0.4, -0.2) is 98.6 Å². The van der Waals surface area contributed by atoms with Crippen LogP contribution in [0.1, 0.15) is 64.2 Å². The largest absolute Gasteiger partial charge is 0.493 e. The maximum Gasteiger partial charge on any atom is 0.410 e. The average molecular weight is 610 g/mol. The lowest BCUT2D eigenvalue weighted by Crippen LogP contribution is -2.54. The molecule has 2 aliphatic heterocycles. The van der Waals surface area contributed by atoms with Gasteiger partial charge in [0.1, 0.15) is 18.0 Å². The fourth-order valence-electron chi connectivity index (χ4n) is 5.68. The van der Waals surface area contributed by atoms with Crippen molar-refractivity contribution >= 4 is 23.6 Å². The zero-order chi connectivity index (χ0) is 31.9. The number of benzene rings is 2. The summed E-state index contributed by atoms with van der Waals surface area (Å²) in [5.41, 5.74) is 2.42. The van der Waals surface area contributed by atoms with Crippen molar-refractivity contribution in [2.45, 2.75) is 71.6 Å². The highest BCUT2D eigenvalue weighted by Crippen LogP contribution is 2.35. The number of carbonyl (C=O) groups excluding carboxylic acids is 3. The third kappa shape index (κ3) is 8.51. The van der Waals surface area contributed by atoms with Crippen LogP contribution in [0.4, 0.5) is 10.5 Å². The summed E-state index contributed by atoms with van der Waals surface area (Å²) in [6, 6.07) is 13.1. The summed E-state index contributed by atoms with van der Waals surface area (Å²) >= 11 is 0. The molecule has 0 spiro atoms. The molecule has 2 aromatic rings. The Morgan fingerprint density at radius 2 is 1.89 bits per heavy atom. The standard InChI is InChI=1S/C34H47N3O7/c1-24(2)37(28-12-8-15-35(22-28)33(40)44-34(3,4)5)32(39)26-13-14-29(30(21-26)43-18-9-17-41-6)25-10-7-11-27(20-25)36-16-19-42-23-31(36)38/h7,10-11,13-14,20-21,24,28H,8-9,12,15-19,22-23H2,1-6H3/t28-/m1/s1. The smallest absolute Gasteiger partial charge is 0.410 e. The lowest BCUT2D eigenvalue weighted by molar-refractivity contribution is -0.125. The quantitative estimate of drug-likeness (QED) is 0.334. The van der Waals surface area contributed by atoms with Gasteiger partial charge in [-0.15, -0.1) is 0 Å². The van der Waals surface area contributed by atoms with Gasteiger partial charge in [0.15, 0.2) is 0 Å². The lowest BCUT2D eigenvalue weighted by atomic mass is 9.98. The molecule has 0 radical (unpaired) electrons. The Labute approximate surface area is 261 Å². The van der Waals surface area contributed by atoms with Crippen LogP contribution in [0.3, 0.4) is 0 Å². The van der Waals surface area contributed by atoms with E-state index in [9.17, 15) is 14.4 Å².